The maximum atomic E-state index is 11.6. The number of nitrogens with zero attached hydrogens (tertiary/aromatic N) is 1. The normalized spacial score (nSPS) is 9.78. The van der Waals surface area contributed by atoms with Gasteiger partial charge in [0, 0.05) is 18.5 Å². The predicted octanol–water partition coefficient (Wildman–Crippen LogP) is 3.73. The minimum atomic E-state index is -0.0217. The van der Waals surface area contributed by atoms with E-state index in [-0.39, 0.29) is 18.3 Å². The Hall–Kier alpha value is -0.770. The first-order valence-electron chi connectivity index (χ1n) is 5.86. The number of anilines is 1. The zero-order valence-electron chi connectivity index (χ0n) is 11.0. The summed E-state index contributed by atoms with van der Waals surface area (Å²) in [5, 5.41) is 2.27. The molecule has 1 aromatic rings. The number of carbonyl (C=O) groups excluding carboxylic acids is 1. The third-order valence-electron chi connectivity index (χ3n) is 2.51. The Balaban J connectivity index is 0.00000289. The molecule has 5 heteroatoms. The molecule has 0 aliphatic carbocycles. The Labute approximate surface area is 120 Å². The first kappa shape index (κ1) is 17.2. The fraction of sp³-hybridized carbons (Fsp3) is 0.462. The predicted molar refractivity (Wildman–Crippen MR) is 79.5 cm³/mol. The molecule has 102 valence electrons. The van der Waals surface area contributed by atoms with Crippen molar-refractivity contribution in [1.82, 2.24) is 5.43 Å². The van der Waals surface area contributed by atoms with Crippen molar-refractivity contribution in [3.05, 3.63) is 28.8 Å². The Morgan fingerprint density at radius 3 is 2.61 bits per heavy atom. The number of rotatable bonds is 5. The van der Waals surface area contributed by atoms with Crippen LogP contribution in [0.25, 0.3) is 0 Å². The molecule has 1 rings (SSSR count). The van der Waals surface area contributed by atoms with E-state index >= 15 is 0 Å². The lowest BCUT2D eigenvalue weighted by Gasteiger charge is -2.23. The maximum absolute atomic E-state index is 11.6. The van der Waals surface area contributed by atoms with Gasteiger partial charge in [-0.1, -0.05) is 24.9 Å². The number of aryl methyl sites for hydroxylation is 1. The summed E-state index contributed by atoms with van der Waals surface area (Å²) in [5.41, 5.74) is 4.98. The van der Waals surface area contributed by atoms with Gasteiger partial charge in [0.2, 0.25) is 5.91 Å². The molecule has 0 saturated carbocycles. The van der Waals surface area contributed by atoms with E-state index in [4.69, 9.17) is 11.6 Å². The highest BCUT2D eigenvalue weighted by Gasteiger charge is 2.13. The van der Waals surface area contributed by atoms with E-state index in [1.165, 1.54) is 0 Å². The molecule has 0 aromatic heterocycles. The summed E-state index contributed by atoms with van der Waals surface area (Å²) in [4.78, 5) is 11.6. The number of amides is 1. The number of halogens is 2. The van der Waals surface area contributed by atoms with Gasteiger partial charge in [-0.2, -0.15) is 0 Å². The standard InChI is InChI=1S/C13H19ClN2O.ClH/c1-4-5-8-15-16(11(3)17)13-7-6-12(14)9-10(13)2;/h6-7,9,15H,4-5,8H2,1-3H3;1H. The summed E-state index contributed by atoms with van der Waals surface area (Å²) in [6.07, 6.45) is 2.13. The minimum Gasteiger partial charge on any atom is -0.273 e. The van der Waals surface area contributed by atoms with Crippen LogP contribution < -0.4 is 10.4 Å². The van der Waals surface area contributed by atoms with Crippen LogP contribution in [0.15, 0.2) is 18.2 Å². The number of nitrogens with one attached hydrogen (secondary N) is 1. The van der Waals surface area contributed by atoms with Gasteiger partial charge in [0.05, 0.1) is 5.69 Å². The van der Waals surface area contributed by atoms with E-state index in [9.17, 15) is 4.79 Å². The molecule has 18 heavy (non-hydrogen) atoms. The fourth-order valence-corrected chi connectivity index (χ4v) is 1.83. The number of hydrogen-bond acceptors (Lipinski definition) is 2. The van der Waals surface area contributed by atoms with Crippen molar-refractivity contribution in [2.45, 2.75) is 33.6 Å². The number of hydrazine groups is 1. The van der Waals surface area contributed by atoms with Crippen LogP contribution in [0.4, 0.5) is 5.69 Å². The van der Waals surface area contributed by atoms with E-state index in [0.717, 1.165) is 30.6 Å². The van der Waals surface area contributed by atoms with Crippen molar-refractivity contribution < 1.29 is 4.79 Å². The lowest BCUT2D eigenvalue weighted by Crippen LogP contribution is -2.42. The summed E-state index contributed by atoms with van der Waals surface area (Å²) in [6.45, 7) is 6.40. The zero-order valence-corrected chi connectivity index (χ0v) is 12.6. The van der Waals surface area contributed by atoms with Crippen molar-refractivity contribution in [2.24, 2.45) is 0 Å². The molecule has 1 N–H and O–H groups in total. The van der Waals surface area contributed by atoms with E-state index < -0.39 is 0 Å². The molecule has 1 amide bonds. The highest BCUT2D eigenvalue weighted by Crippen LogP contribution is 2.22. The minimum absolute atomic E-state index is 0. The van der Waals surface area contributed by atoms with Crippen molar-refractivity contribution >= 4 is 35.6 Å². The van der Waals surface area contributed by atoms with Crippen LogP contribution >= 0.6 is 24.0 Å². The van der Waals surface area contributed by atoms with Gasteiger partial charge >= 0.3 is 0 Å². The first-order valence-corrected chi connectivity index (χ1v) is 6.24. The summed E-state index contributed by atoms with van der Waals surface area (Å²) in [5.74, 6) is -0.0217. The van der Waals surface area contributed by atoms with Crippen molar-refractivity contribution in [1.29, 1.82) is 0 Å². The smallest absolute Gasteiger partial charge is 0.238 e. The molecule has 0 aliphatic rings. The number of benzene rings is 1. The zero-order chi connectivity index (χ0) is 12.8. The quantitative estimate of drug-likeness (QED) is 0.662. The first-order chi connectivity index (χ1) is 8.06. The van der Waals surface area contributed by atoms with Crippen LogP contribution in [0, 0.1) is 6.92 Å². The van der Waals surface area contributed by atoms with Gasteiger partial charge in [0.15, 0.2) is 0 Å². The molecule has 0 radical (unpaired) electrons. The van der Waals surface area contributed by atoms with E-state index in [0.29, 0.717) is 5.02 Å². The van der Waals surface area contributed by atoms with Gasteiger partial charge < -0.3 is 0 Å². The topological polar surface area (TPSA) is 32.3 Å². The van der Waals surface area contributed by atoms with Crippen LogP contribution in [-0.2, 0) is 4.79 Å². The highest BCUT2D eigenvalue weighted by molar-refractivity contribution is 6.30. The van der Waals surface area contributed by atoms with Crippen LogP contribution in [0.5, 0.6) is 0 Å². The largest absolute Gasteiger partial charge is 0.273 e. The SMILES string of the molecule is CCCCNN(C(C)=O)c1ccc(Cl)cc1C.Cl. The molecule has 3 nitrogen and oxygen atoms in total. The van der Waals surface area contributed by atoms with Gasteiger partial charge in [-0.05, 0) is 37.1 Å². The van der Waals surface area contributed by atoms with Gasteiger partial charge in [-0.15, -0.1) is 12.4 Å². The Morgan fingerprint density at radius 2 is 2.11 bits per heavy atom. The van der Waals surface area contributed by atoms with E-state index in [1.54, 1.807) is 18.0 Å². The molecule has 0 aliphatic heterocycles. The van der Waals surface area contributed by atoms with Crippen molar-refractivity contribution in [2.75, 3.05) is 11.6 Å². The average molecular weight is 291 g/mol. The molecule has 0 bridgehead atoms. The lowest BCUT2D eigenvalue weighted by atomic mass is 10.2. The average Bonchev–Trinajstić information content (AvgIpc) is 2.25. The van der Waals surface area contributed by atoms with Crippen molar-refractivity contribution in [3.8, 4) is 0 Å². The van der Waals surface area contributed by atoms with Gasteiger partial charge in [-0.3, -0.25) is 4.79 Å². The molecule has 0 atom stereocenters. The van der Waals surface area contributed by atoms with Crippen LogP contribution in [-0.4, -0.2) is 12.5 Å². The number of carbonyl (C=O) groups is 1. The molecular formula is C13H20Cl2N2O. The summed E-state index contributed by atoms with van der Waals surface area (Å²) >= 11 is 5.90. The van der Waals surface area contributed by atoms with Gasteiger partial charge in [0.25, 0.3) is 0 Å². The third kappa shape index (κ3) is 4.84. The van der Waals surface area contributed by atoms with E-state index in [2.05, 4.69) is 12.3 Å². The Kier molecular flexibility index (Phi) is 8.00. The van der Waals surface area contributed by atoms with Gasteiger partial charge in [-0.25, -0.2) is 10.4 Å². The molecule has 1 aromatic carbocycles. The van der Waals surface area contributed by atoms with Crippen LogP contribution in [0.3, 0.4) is 0 Å². The molecule has 0 unspecified atom stereocenters. The van der Waals surface area contributed by atoms with E-state index in [1.807, 2.05) is 19.1 Å². The fourth-order valence-electron chi connectivity index (χ4n) is 1.60. The Morgan fingerprint density at radius 1 is 1.44 bits per heavy atom. The number of unbranched alkanes of at least 4 members (excludes halogenated alkanes) is 1. The second-order valence-electron chi connectivity index (χ2n) is 4.05. The molecule has 0 spiro atoms. The van der Waals surface area contributed by atoms with Crippen LogP contribution in [0.1, 0.15) is 32.3 Å². The summed E-state index contributed by atoms with van der Waals surface area (Å²) < 4.78 is 0. The summed E-state index contributed by atoms with van der Waals surface area (Å²) in [7, 11) is 0. The Bertz CT molecular complexity index is 397. The maximum Gasteiger partial charge on any atom is 0.238 e. The third-order valence-corrected chi connectivity index (χ3v) is 2.75. The van der Waals surface area contributed by atoms with Gasteiger partial charge in [0.1, 0.15) is 0 Å². The monoisotopic (exact) mass is 290 g/mol. The van der Waals surface area contributed by atoms with Crippen molar-refractivity contribution in [3.63, 3.8) is 0 Å². The van der Waals surface area contributed by atoms with Crippen LogP contribution in [0.2, 0.25) is 5.02 Å². The lowest BCUT2D eigenvalue weighted by molar-refractivity contribution is -0.117. The molecule has 0 heterocycles. The molecule has 0 fully saturated rings. The second kappa shape index (κ2) is 8.35. The molecule has 0 saturated heterocycles. The summed E-state index contributed by atoms with van der Waals surface area (Å²) in [6, 6.07) is 5.51. The molecular weight excluding hydrogens is 271 g/mol. The number of hydrogen-bond donors (Lipinski definition) is 1. The second-order valence-corrected chi connectivity index (χ2v) is 4.48. The highest BCUT2D eigenvalue weighted by atomic mass is 35.5.